The van der Waals surface area contributed by atoms with Crippen LogP contribution in [0.25, 0.3) is 0 Å². The number of likely N-dealkylation sites (tertiary alicyclic amines) is 1. The molecule has 1 aromatic carbocycles. The van der Waals surface area contributed by atoms with E-state index in [1.54, 1.807) is 17.0 Å². The van der Waals surface area contributed by atoms with Crippen LogP contribution in [0.2, 0.25) is 0 Å². The van der Waals surface area contributed by atoms with Gasteiger partial charge in [-0.3, -0.25) is 4.99 Å². The minimum atomic E-state index is -0.238. The fourth-order valence-electron chi connectivity index (χ4n) is 4.28. The first-order valence-corrected chi connectivity index (χ1v) is 11.4. The van der Waals surface area contributed by atoms with Crippen molar-refractivity contribution in [3.63, 3.8) is 0 Å². The molecule has 2 saturated heterocycles. The number of rotatable bonds is 6. The highest BCUT2D eigenvalue weighted by atomic mass is 127. The van der Waals surface area contributed by atoms with Crippen LogP contribution in [0.4, 0.5) is 9.18 Å². The smallest absolute Gasteiger partial charge is 0.409 e. The Hall–Kier alpha value is -1.62. The van der Waals surface area contributed by atoms with Gasteiger partial charge >= 0.3 is 6.09 Å². The van der Waals surface area contributed by atoms with Gasteiger partial charge in [0, 0.05) is 44.3 Å². The van der Waals surface area contributed by atoms with Crippen LogP contribution < -0.4 is 10.6 Å². The van der Waals surface area contributed by atoms with Crippen LogP contribution in [0, 0.1) is 5.82 Å². The van der Waals surface area contributed by atoms with Crippen molar-refractivity contribution in [1.29, 1.82) is 0 Å². The van der Waals surface area contributed by atoms with E-state index >= 15 is 0 Å². The van der Waals surface area contributed by atoms with Crippen molar-refractivity contribution in [1.82, 2.24) is 15.5 Å². The maximum atomic E-state index is 13.9. The van der Waals surface area contributed by atoms with Gasteiger partial charge in [-0.1, -0.05) is 12.1 Å². The Morgan fingerprint density at radius 3 is 2.62 bits per heavy atom. The van der Waals surface area contributed by atoms with E-state index in [-0.39, 0.29) is 47.3 Å². The number of guanidine groups is 1. The number of nitrogens with one attached hydrogen (secondary N) is 2. The van der Waals surface area contributed by atoms with E-state index in [0.717, 1.165) is 43.8 Å². The Labute approximate surface area is 207 Å². The van der Waals surface area contributed by atoms with Crippen LogP contribution >= 0.6 is 24.0 Å². The number of carbonyl (C=O) groups excluding carboxylic acids is 1. The van der Waals surface area contributed by atoms with Crippen LogP contribution in [-0.2, 0) is 14.9 Å². The number of piperidine rings is 1. The molecule has 0 spiro atoms. The lowest BCUT2D eigenvalue weighted by Crippen LogP contribution is -2.50. The van der Waals surface area contributed by atoms with Gasteiger partial charge in [0.2, 0.25) is 0 Å². The molecule has 2 heterocycles. The Morgan fingerprint density at radius 1 is 1.28 bits per heavy atom. The van der Waals surface area contributed by atoms with Gasteiger partial charge < -0.3 is 25.0 Å². The molecular formula is C23H36FIN4O3. The molecule has 180 valence electrons. The van der Waals surface area contributed by atoms with Crippen LogP contribution in [0.5, 0.6) is 0 Å². The largest absolute Gasteiger partial charge is 0.450 e. The molecule has 2 aliphatic rings. The van der Waals surface area contributed by atoms with Crippen LogP contribution in [0.1, 0.15) is 45.1 Å². The van der Waals surface area contributed by atoms with Crippen molar-refractivity contribution < 1.29 is 18.7 Å². The van der Waals surface area contributed by atoms with Gasteiger partial charge in [-0.25, -0.2) is 9.18 Å². The molecule has 2 aliphatic heterocycles. The zero-order valence-corrected chi connectivity index (χ0v) is 21.4. The summed E-state index contributed by atoms with van der Waals surface area (Å²) in [5.41, 5.74) is 0.758. The Kier molecular flexibility index (Phi) is 11.0. The molecule has 0 unspecified atom stereocenters. The summed E-state index contributed by atoms with van der Waals surface area (Å²) in [6.07, 6.45) is 3.07. The van der Waals surface area contributed by atoms with Gasteiger partial charge in [0.15, 0.2) is 5.96 Å². The van der Waals surface area contributed by atoms with Crippen LogP contribution in [0.15, 0.2) is 29.3 Å². The van der Waals surface area contributed by atoms with E-state index in [1.807, 2.05) is 19.9 Å². The lowest BCUT2D eigenvalue weighted by molar-refractivity contribution is 0.0529. The Morgan fingerprint density at radius 2 is 2.00 bits per heavy atom. The summed E-state index contributed by atoms with van der Waals surface area (Å²) in [5, 5.41) is 6.85. The Bertz CT molecular complexity index is 751. The second kappa shape index (κ2) is 13.2. The highest BCUT2D eigenvalue weighted by molar-refractivity contribution is 14.0. The molecule has 1 aromatic rings. The molecule has 9 heteroatoms. The number of carbonyl (C=O) groups is 1. The third-order valence-electron chi connectivity index (χ3n) is 6.13. The lowest BCUT2D eigenvalue weighted by Gasteiger charge is -2.37. The number of hydrogen-bond acceptors (Lipinski definition) is 4. The zero-order valence-electron chi connectivity index (χ0n) is 19.1. The highest BCUT2D eigenvalue weighted by Crippen LogP contribution is 2.35. The number of ether oxygens (including phenoxy) is 2. The highest BCUT2D eigenvalue weighted by Gasteiger charge is 2.35. The van der Waals surface area contributed by atoms with Crippen LogP contribution in [0.3, 0.4) is 0 Å². The number of benzene rings is 1. The maximum absolute atomic E-state index is 13.9. The summed E-state index contributed by atoms with van der Waals surface area (Å²) in [4.78, 5) is 18.6. The first-order valence-electron chi connectivity index (χ1n) is 11.4. The van der Waals surface area contributed by atoms with E-state index < -0.39 is 0 Å². The summed E-state index contributed by atoms with van der Waals surface area (Å²) >= 11 is 0. The average Bonchev–Trinajstić information content (AvgIpc) is 2.79. The normalized spacial score (nSPS) is 19.1. The van der Waals surface area contributed by atoms with E-state index in [9.17, 15) is 9.18 Å². The molecule has 0 radical (unpaired) electrons. The number of hydrogen-bond donors (Lipinski definition) is 2. The van der Waals surface area contributed by atoms with E-state index in [0.29, 0.717) is 39.5 Å². The Balaban J connectivity index is 0.00000363. The van der Waals surface area contributed by atoms with Crippen LogP contribution in [-0.4, -0.2) is 69.0 Å². The SMILES string of the molecule is CCNC(=NCC1(c2cccc(F)c2)CCOCC1)NC1CCN(C(=O)OCC)CC1.I. The number of aliphatic imine (C=N–C) groups is 1. The van der Waals surface area contributed by atoms with Gasteiger partial charge in [0.1, 0.15) is 5.82 Å². The van der Waals surface area contributed by atoms with Crippen molar-refractivity contribution in [2.24, 2.45) is 4.99 Å². The summed E-state index contributed by atoms with van der Waals surface area (Å²) in [6.45, 7) is 8.22. The van der Waals surface area contributed by atoms with E-state index in [2.05, 4.69) is 10.6 Å². The fourth-order valence-corrected chi connectivity index (χ4v) is 4.28. The number of amides is 1. The molecule has 0 aromatic heterocycles. The minimum Gasteiger partial charge on any atom is -0.450 e. The third-order valence-corrected chi connectivity index (χ3v) is 6.13. The molecule has 0 aliphatic carbocycles. The molecule has 0 saturated carbocycles. The van der Waals surface area contributed by atoms with Crippen molar-refractivity contribution in [2.45, 2.75) is 51.0 Å². The summed E-state index contributed by atoms with van der Waals surface area (Å²) in [7, 11) is 0. The molecule has 32 heavy (non-hydrogen) atoms. The number of nitrogens with zero attached hydrogens (tertiary/aromatic N) is 2. The predicted molar refractivity (Wildman–Crippen MR) is 134 cm³/mol. The predicted octanol–water partition coefficient (Wildman–Crippen LogP) is 3.67. The topological polar surface area (TPSA) is 75.2 Å². The molecule has 7 nitrogen and oxygen atoms in total. The third kappa shape index (κ3) is 7.19. The van der Waals surface area contributed by atoms with E-state index in [1.165, 1.54) is 6.07 Å². The lowest BCUT2D eigenvalue weighted by atomic mass is 9.74. The second-order valence-corrected chi connectivity index (χ2v) is 8.20. The zero-order chi connectivity index (χ0) is 22.1. The molecule has 2 fully saturated rings. The van der Waals surface area contributed by atoms with Crippen molar-refractivity contribution >= 4 is 36.0 Å². The van der Waals surface area contributed by atoms with Gasteiger partial charge in [0.25, 0.3) is 0 Å². The van der Waals surface area contributed by atoms with Gasteiger partial charge in [0.05, 0.1) is 13.2 Å². The maximum Gasteiger partial charge on any atom is 0.409 e. The number of halogens is 2. The summed E-state index contributed by atoms with van der Waals surface area (Å²) in [6, 6.07) is 7.12. The minimum absolute atomic E-state index is 0. The van der Waals surface area contributed by atoms with Gasteiger partial charge in [-0.2, -0.15) is 0 Å². The molecular weight excluding hydrogens is 526 g/mol. The average molecular weight is 562 g/mol. The molecule has 0 bridgehead atoms. The van der Waals surface area contributed by atoms with Crippen molar-refractivity contribution in [2.75, 3.05) is 46.0 Å². The van der Waals surface area contributed by atoms with Crippen molar-refractivity contribution in [3.8, 4) is 0 Å². The summed E-state index contributed by atoms with van der Waals surface area (Å²) < 4.78 is 24.6. The fraction of sp³-hybridized carbons (Fsp3) is 0.652. The van der Waals surface area contributed by atoms with E-state index in [4.69, 9.17) is 14.5 Å². The summed E-state index contributed by atoms with van der Waals surface area (Å²) in [5.74, 6) is 0.546. The first-order chi connectivity index (χ1) is 15.1. The molecule has 3 rings (SSSR count). The second-order valence-electron chi connectivity index (χ2n) is 8.20. The monoisotopic (exact) mass is 562 g/mol. The van der Waals surface area contributed by atoms with Gasteiger partial charge in [-0.15, -0.1) is 24.0 Å². The van der Waals surface area contributed by atoms with Gasteiger partial charge in [-0.05, 0) is 57.2 Å². The first kappa shape index (κ1) is 26.6. The van der Waals surface area contributed by atoms with Crippen molar-refractivity contribution in [3.05, 3.63) is 35.6 Å². The quantitative estimate of drug-likeness (QED) is 0.315. The molecule has 1 amide bonds. The molecule has 0 atom stereocenters. The standard InChI is InChI=1S/C23H35FN4O3.HI/c1-3-25-21(27-20-8-12-28(13-9-20)22(29)31-4-2)26-17-23(10-14-30-15-11-23)18-6-5-7-19(24)16-18;/h5-7,16,20H,3-4,8-15,17H2,1-2H3,(H2,25,26,27);1H. The molecule has 2 N–H and O–H groups in total.